The molecule has 38 heavy (non-hydrogen) atoms. The number of aromatic nitrogens is 1. The number of carboxylic acids is 1. The molecule has 1 fully saturated rings. The number of H-pyrrole nitrogens is 1. The zero-order valence-corrected chi connectivity index (χ0v) is 21.9. The van der Waals surface area contributed by atoms with E-state index in [1.54, 1.807) is 0 Å². The molecule has 3 N–H and O–H groups in total. The highest BCUT2D eigenvalue weighted by molar-refractivity contribution is 5.87. The maximum absolute atomic E-state index is 13.5. The van der Waals surface area contributed by atoms with Crippen molar-refractivity contribution in [2.75, 3.05) is 18.0 Å². The third-order valence-corrected chi connectivity index (χ3v) is 7.43. The third kappa shape index (κ3) is 5.91. The summed E-state index contributed by atoms with van der Waals surface area (Å²) in [5, 5.41) is 13.4. The third-order valence-electron chi connectivity index (χ3n) is 7.43. The number of carboxylic acid groups (broad SMARTS) is 1. The number of rotatable bonds is 9. The van der Waals surface area contributed by atoms with E-state index in [-0.39, 0.29) is 24.8 Å². The molecule has 1 atom stereocenters. The number of nitrogens with one attached hydrogen (secondary N) is 2. The molecule has 1 amide bonds. The van der Waals surface area contributed by atoms with Crippen LogP contribution in [0, 0.1) is 6.92 Å². The zero-order valence-electron chi connectivity index (χ0n) is 21.9. The van der Waals surface area contributed by atoms with Crippen LogP contribution < -0.4 is 10.2 Å². The smallest absolute Gasteiger partial charge is 0.303 e. The van der Waals surface area contributed by atoms with Gasteiger partial charge in [0.2, 0.25) is 5.91 Å². The van der Waals surface area contributed by atoms with Gasteiger partial charge in [0.1, 0.15) is 0 Å². The summed E-state index contributed by atoms with van der Waals surface area (Å²) in [6.07, 6.45) is 6.27. The lowest BCUT2D eigenvalue weighted by atomic mass is 9.94. The number of benzene rings is 3. The highest BCUT2D eigenvalue weighted by Crippen LogP contribution is 2.33. The van der Waals surface area contributed by atoms with E-state index in [0.717, 1.165) is 46.2 Å². The Balaban J connectivity index is 1.42. The van der Waals surface area contributed by atoms with Crippen molar-refractivity contribution in [1.82, 2.24) is 10.3 Å². The predicted molar refractivity (Wildman–Crippen MR) is 152 cm³/mol. The summed E-state index contributed by atoms with van der Waals surface area (Å²) in [6.45, 7) is 4.17. The summed E-state index contributed by atoms with van der Waals surface area (Å²) in [6, 6.07) is 22.4. The Morgan fingerprint density at radius 2 is 1.79 bits per heavy atom. The molecule has 0 bridgehead atoms. The number of carbonyl (C=O) groups is 2. The average molecular weight is 510 g/mol. The number of hydrogen-bond acceptors (Lipinski definition) is 3. The Kier molecular flexibility index (Phi) is 7.78. The van der Waals surface area contributed by atoms with Gasteiger partial charge in [0.25, 0.3) is 0 Å². The van der Waals surface area contributed by atoms with E-state index < -0.39 is 5.97 Å². The average Bonchev–Trinajstić information content (AvgIpc) is 3.33. The summed E-state index contributed by atoms with van der Waals surface area (Å²) in [7, 11) is 0. The molecule has 0 saturated carbocycles. The SMILES string of the molecule is Cc1ccc(N2CCCCC2)c(C(NC(=O)Cc2ccc3[nH]cc(CCC(=O)O)c3c2)c2ccccc2)c1. The van der Waals surface area contributed by atoms with Crippen molar-refractivity contribution in [1.29, 1.82) is 0 Å². The molecule has 1 saturated heterocycles. The topological polar surface area (TPSA) is 85.4 Å². The first kappa shape index (κ1) is 25.6. The second-order valence-electron chi connectivity index (χ2n) is 10.3. The lowest BCUT2D eigenvalue weighted by Gasteiger charge is -2.33. The fraction of sp³-hybridized carbons (Fsp3) is 0.312. The molecule has 6 heteroatoms. The van der Waals surface area contributed by atoms with Crippen LogP contribution in [0.4, 0.5) is 5.69 Å². The van der Waals surface area contributed by atoms with Gasteiger partial charge in [-0.25, -0.2) is 0 Å². The highest BCUT2D eigenvalue weighted by Gasteiger charge is 2.24. The lowest BCUT2D eigenvalue weighted by Crippen LogP contribution is -2.34. The van der Waals surface area contributed by atoms with Crippen LogP contribution in [-0.4, -0.2) is 35.1 Å². The number of piperidine rings is 1. The number of amides is 1. The van der Waals surface area contributed by atoms with Crippen LogP contribution in [0.3, 0.4) is 0 Å². The molecule has 1 unspecified atom stereocenters. The molecule has 4 aromatic rings. The summed E-state index contributed by atoms with van der Waals surface area (Å²) < 4.78 is 0. The fourth-order valence-corrected chi connectivity index (χ4v) is 5.50. The molecule has 0 spiro atoms. The minimum absolute atomic E-state index is 0.0491. The van der Waals surface area contributed by atoms with Crippen molar-refractivity contribution in [3.05, 3.63) is 101 Å². The number of carbonyl (C=O) groups excluding carboxylic acids is 1. The van der Waals surface area contributed by atoms with E-state index in [1.807, 2.05) is 42.6 Å². The molecular weight excluding hydrogens is 474 g/mol. The molecular formula is C32H35N3O3. The lowest BCUT2D eigenvalue weighted by molar-refractivity contribution is -0.137. The van der Waals surface area contributed by atoms with Gasteiger partial charge in [-0.3, -0.25) is 9.59 Å². The van der Waals surface area contributed by atoms with Crippen molar-refractivity contribution in [3.8, 4) is 0 Å². The number of aromatic amines is 1. The normalized spacial score (nSPS) is 14.4. The molecule has 0 radical (unpaired) electrons. The van der Waals surface area contributed by atoms with E-state index in [1.165, 1.54) is 30.5 Å². The summed E-state index contributed by atoms with van der Waals surface area (Å²) >= 11 is 0. The van der Waals surface area contributed by atoms with Crippen LogP contribution >= 0.6 is 0 Å². The summed E-state index contributed by atoms with van der Waals surface area (Å²) in [5.74, 6) is -0.867. The van der Waals surface area contributed by atoms with Crippen LogP contribution in [0.2, 0.25) is 0 Å². The van der Waals surface area contributed by atoms with Crippen molar-refractivity contribution in [3.63, 3.8) is 0 Å². The van der Waals surface area contributed by atoms with Gasteiger partial charge in [0, 0.05) is 47.9 Å². The molecule has 196 valence electrons. The van der Waals surface area contributed by atoms with Gasteiger partial charge < -0.3 is 20.3 Å². The minimum Gasteiger partial charge on any atom is -0.481 e. The van der Waals surface area contributed by atoms with Crippen molar-refractivity contribution in [2.45, 2.75) is 51.5 Å². The van der Waals surface area contributed by atoms with Crippen LogP contribution in [0.25, 0.3) is 10.9 Å². The van der Waals surface area contributed by atoms with Crippen LogP contribution in [-0.2, 0) is 22.4 Å². The molecule has 0 aliphatic carbocycles. The van der Waals surface area contributed by atoms with Crippen LogP contribution in [0.5, 0.6) is 0 Å². The summed E-state index contributed by atoms with van der Waals surface area (Å²) in [4.78, 5) is 30.2. The van der Waals surface area contributed by atoms with Gasteiger partial charge in [-0.1, -0.05) is 54.1 Å². The Morgan fingerprint density at radius 3 is 2.55 bits per heavy atom. The number of hydrogen-bond donors (Lipinski definition) is 3. The van der Waals surface area contributed by atoms with Crippen molar-refractivity contribution < 1.29 is 14.7 Å². The Labute approximate surface area is 223 Å². The van der Waals surface area contributed by atoms with Gasteiger partial charge in [0.15, 0.2) is 0 Å². The first-order chi connectivity index (χ1) is 18.5. The van der Waals surface area contributed by atoms with E-state index >= 15 is 0 Å². The molecule has 6 nitrogen and oxygen atoms in total. The molecule has 2 heterocycles. The first-order valence-electron chi connectivity index (χ1n) is 13.5. The van der Waals surface area contributed by atoms with Gasteiger partial charge in [0.05, 0.1) is 12.5 Å². The second kappa shape index (κ2) is 11.5. The van der Waals surface area contributed by atoms with Gasteiger partial charge in [-0.15, -0.1) is 0 Å². The fourth-order valence-electron chi connectivity index (χ4n) is 5.50. The number of fused-ring (bicyclic) bond motifs is 1. The predicted octanol–water partition coefficient (Wildman–Crippen LogP) is 5.93. The van der Waals surface area contributed by atoms with Crippen LogP contribution in [0.1, 0.15) is 59.5 Å². The standard InChI is InChI=1S/C32H35N3O3/c1-22-10-14-29(35-16-6-3-7-17-35)27(18-22)32(24-8-4-2-5-9-24)34-30(36)20-23-11-13-28-26(19-23)25(21-33-28)12-15-31(37)38/h2,4-5,8-11,13-14,18-19,21,32-33H,3,6-7,12,15-17,20H2,1H3,(H,34,36)(H,37,38). The van der Waals surface area contributed by atoms with E-state index in [9.17, 15) is 9.59 Å². The number of nitrogens with zero attached hydrogens (tertiary/aromatic N) is 1. The zero-order chi connectivity index (χ0) is 26.5. The summed E-state index contributed by atoms with van der Waals surface area (Å²) in [5.41, 5.74) is 7.35. The van der Waals surface area contributed by atoms with Gasteiger partial charge in [-0.2, -0.15) is 0 Å². The quantitative estimate of drug-likeness (QED) is 0.261. The molecule has 1 aromatic heterocycles. The number of aryl methyl sites for hydroxylation is 2. The van der Waals surface area contributed by atoms with Crippen molar-refractivity contribution in [2.24, 2.45) is 0 Å². The Morgan fingerprint density at radius 1 is 1.00 bits per heavy atom. The maximum atomic E-state index is 13.5. The van der Waals surface area contributed by atoms with Crippen molar-refractivity contribution >= 4 is 28.5 Å². The maximum Gasteiger partial charge on any atom is 0.303 e. The second-order valence-corrected chi connectivity index (χ2v) is 10.3. The van der Waals surface area contributed by atoms with Crippen LogP contribution in [0.15, 0.2) is 72.9 Å². The number of aliphatic carboxylic acids is 1. The number of anilines is 1. The molecule has 5 rings (SSSR count). The van der Waals surface area contributed by atoms with E-state index in [0.29, 0.717) is 6.42 Å². The minimum atomic E-state index is -0.818. The van der Waals surface area contributed by atoms with E-state index in [2.05, 4.69) is 52.5 Å². The van der Waals surface area contributed by atoms with Gasteiger partial charge in [-0.05, 0) is 67.5 Å². The van der Waals surface area contributed by atoms with E-state index in [4.69, 9.17) is 5.11 Å². The largest absolute Gasteiger partial charge is 0.481 e. The monoisotopic (exact) mass is 509 g/mol. The Hall–Kier alpha value is -4.06. The molecule has 1 aliphatic rings. The van der Waals surface area contributed by atoms with Gasteiger partial charge >= 0.3 is 5.97 Å². The Bertz CT molecular complexity index is 1420. The highest BCUT2D eigenvalue weighted by atomic mass is 16.4. The molecule has 1 aliphatic heterocycles. The molecule has 3 aromatic carbocycles. The first-order valence-corrected chi connectivity index (χ1v) is 13.5.